The molecule has 7 heteroatoms. The Morgan fingerprint density at radius 3 is 2.50 bits per heavy atom. The summed E-state index contributed by atoms with van der Waals surface area (Å²) in [6.07, 6.45) is 0.558. The molecule has 1 atom stereocenters. The Morgan fingerprint density at radius 1 is 1.40 bits per heavy atom. The molecule has 0 aliphatic heterocycles. The van der Waals surface area contributed by atoms with E-state index in [0.29, 0.717) is 13.0 Å². The second-order valence-electron chi connectivity index (χ2n) is 5.10. The molecule has 20 heavy (non-hydrogen) atoms. The first-order valence-corrected chi connectivity index (χ1v) is 8.15. The monoisotopic (exact) mass is 322 g/mol. The van der Waals surface area contributed by atoms with Crippen molar-refractivity contribution >= 4 is 21.6 Å². The molecule has 0 amide bonds. The molecule has 0 aliphatic rings. The van der Waals surface area contributed by atoms with Crippen molar-refractivity contribution in [3.8, 4) is 0 Å². The maximum absolute atomic E-state index is 13.1. The van der Waals surface area contributed by atoms with E-state index in [1.165, 1.54) is 17.4 Å². The van der Waals surface area contributed by atoms with Crippen LogP contribution in [0, 0.1) is 11.7 Å². The Balaban J connectivity index is 2.84. The molecule has 0 spiro atoms. The lowest BCUT2D eigenvalue weighted by molar-refractivity contribution is 0.397. The van der Waals surface area contributed by atoms with Crippen molar-refractivity contribution in [3.63, 3.8) is 0 Å². The van der Waals surface area contributed by atoms with Crippen LogP contribution < -0.4 is 5.73 Å². The number of hydrogen-bond acceptors (Lipinski definition) is 3. The van der Waals surface area contributed by atoms with Gasteiger partial charge in [0.1, 0.15) is 5.82 Å². The quantitative estimate of drug-likeness (QED) is 0.875. The minimum absolute atomic E-state index is 0.0236. The number of benzene rings is 1. The summed E-state index contributed by atoms with van der Waals surface area (Å²) >= 11 is 5.62. The van der Waals surface area contributed by atoms with E-state index in [9.17, 15) is 12.8 Å². The second-order valence-corrected chi connectivity index (χ2v) is 7.55. The van der Waals surface area contributed by atoms with E-state index in [2.05, 4.69) is 0 Å². The van der Waals surface area contributed by atoms with Crippen LogP contribution >= 0.6 is 11.6 Å². The fraction of sp³-hybridized carbons (Fsp3) is 0.538. The number of hydrogen-bond donors (Lipinski definition) is 1. The van der Waals surface area contributed by atoms with Crippen molar-refractivity contribution in [2.45, 2.75) is 31.2 Å². The summed E-state index contributed by atoms with van der Waals surface area (Å²) in [6.45, 7) is 4.27. The average Bonchev–Trinajstić information content (AvgIpc) is 2.38. The molecule has 0 aliphatic carbocycles. The molecule has 0 bridgehead atoms. The summed E-state index contributed by atoms with van der Waals surface area (Å²) in [6, 6.07) is 3.30. The van der Waals surface area contributed by atoms with Gasteiger partial charge in [-0.15, -0.1) is 0 Å². The zero-order chi connectivity index (χ0) is 15.5. The lowest BCUT2D eigenvalue weighted by Crippen LogP contribution is -2.34. The van der Waals surface area contributed by atoms with Crippen LogP contribution in [-0.4, -0.2) is 32.4 Å². The first-order valence-electron chi connectivity index (χ1n) is 6.33. The Kier molecular flexibility index (Phi) is 5.94. The first-order chi connectivity index (χ1) is 9.16. The molecule has 0 saturated heterocycles. The van der Waals surface area contributed by atoms with Crippen LogP contribution in [0.3, 0.4) is 0 Å². The van der Waals surface area contributed by atoms with E-state index in [-0.39, 0.29) is 21.9 Å². The Bertz CT molecular complexity index is 563. The fourth-order valence-corrected chi connectivity index (χ4v) is 3.06. The van der Waals surface area contributed by atoms with Gasteiger partial charge in [0.2, 0.25) is 10.0 Å². The molecule has 114 valence electrons. The first kappa shape index (κ1) is 17.4. The molecule has 1 unspecified atom stereocenters. The molecule has 1 aromatic carbocycles. The molecular formula is C13H20ClFN2O2S. The Hall–Kier alpha value is -0.690. The average molecular weight is 323 g/mol. The van der Waals surface area contributed by atoms with Crippen molar-refractivity contribution < 1.29 is 12.8 Å². The number of nitrogens with two attached hydrogens (primary N) is 1. The van der Waals surface area contributed by atoms with E-state index in [1.54, 1.807) is 0 Å². The van der Waals surface area contributed by atoms with Crippen LogP contribution in [0.15, 0.2) is 23.1 Å². The van der Waals surface area contributed by atoms with E-state index in [0.717, 1.165) is 12.1 Å². The van der Waals surface area contributed by atoms with Gasteiger partial charge in [0.25, 0.3) is 0 Å². The summed E-state index contributed by atoms with van der Waals surface area (Å²) < 4.78 is 38.8. The van der Waals surface area contributed by atoms with E-state index < -0.39 is 15.8 Å². The van der Waals surface area contributed by atoms with Crippen LogP contribution in [0.25, 0.3) is 0 Å². The van der Waals surface area contributed by atoms with Gasteiger partial charge in [-0.3, -0.25) is 0 Å². The summed E-state index contributed by atoms with van der Waals surface area (Å²) in [7, 11) is -2.20. The predicted molar refractivity (Wildman–Crippen MR) is 78.7 cm³/mol. The highest BCUT2D eigenvalue weighted by Gasteiger charge is 2.22. The maximum Gasteiger partial charge on any atom is 0.242 e. The van der Waals surface area contributed by atoms with Crippen LogP contribution in [-0.2, 0) is 10.0 Å². The standard InChI is InChI=1S/C13H20ClFN2O2S/c1-9(2)13(16)6-7-17(3)20(18,19)10-4-5-12(15)11(14)8-10/h4-5,8-9,13H,6-7,16H2,1-3H3. The van der Waals surface area contributed by atoms with Crippen molar-refractivity contribution in [3.05, 3.63) is 29.0 Å². The van der Waals surface area contributed by atoms with Gasteiger partial charge in [0, 0.05) is 19.6 Å². The summed E-state index contributed by atoms with van der Waals surface area (Å²) in [5.41, 5.74) is 5.90. The highest BCUT2D eigenvalue weighted by Crippen LogP contribution is 2.22. The van der Waals surface area contributed by atoms with Crippen molar-refractivity contribution in [1.82, 2.24) is 4.31 Å². The molecule has 0 saturated carbocycles. The van der Waals surface area contributed by atoms with E-state index in [4.69, 9.17) is 17.3 Å². The summed E-state index contributed by atoms with van der Waals surface area (Å²) in [4.78, 5) is -0.0236. The Labute approximate surface area is 124 Å². The summed E-state index contributed by atoms with van der Waals surface area (Å²) in [5.74, 6) is -0.360. The maximum atomic E-state index is 13.1. The van der Waals surface area contributed by atoms with Crippen molar-refractivity contribution in [2.75, 3.05) is 13.6 Å². The van der Waals surface area contributed by atoms with E-state index in [1.807, 2.05) is 13.8 Å². The predicted octanol–water partition coefficient (Wildman–Crippen LogP) is 2.47. The van der Waals surface area contributed by atoms with Crippen molar-refractivity contribution in [2.24, 2.45) is 11.7 Å². The number of halogens is 2. The second kappa shape index (κ2) is 6.85. The number of sulfonamides is 1. The van der Waals surface area contributed by atoms with E-state index >= 15 is 0 Å². The van der Waals surface area contributed by atoms with Gasteiger partial charge >= 0.3 is 0 Å². The van der Waals surface area contributed by atoms with Crippen LogP contribution in [0.5, 0.6) is 0 Å². The third kappa shape index (κ3) is 4.15. The lowest BCUT2D eigenvalue weighted by Gasteiger charge is -2.21. The largest absolute Gasteiger partial charge is 0.327 e. The molecule has 1 rings (SSSR count). The molecular weight excluding hydrogens is 303 g/mol. The van der Waals surface area contributed by atoms with Gasteiger partial charge in [0.15, 0.2) is 0 Å². The molecule has 0 fully saturated rings. The van der Waals surface area contributed by atoms with Gasteiger partial charge in [-0.2, -0.15) is 0 Å². The van der Waals surface area contributed by atoms with Gasteiger partial charge < -0.3 is 5.73 Å². The third-order valence-corrected chi connectivity index (χ3v) is 5.38. The van der Waals surface area contributed by atoms with Gasteiger partial charge in [-0.05, 0) is 30.5 Å². The fourth-order valence-electron chi connectivity index (χ4n) is 1.60. The van der Waals surface area contributed by atoms with Crippen LogP contribution in [0.4, 0.5) is 4.39 Å². The molecule has 0 radical (unpaired) electrons. The highest BCUT2D eigenvalue weighted by atomic mass is 35.5. The molecule has 0 aromatic heterocycles. The third-order valence-electron chi connectivity index (χ3n) is 3.23. The normalized spacial score (nSPS) is 14.0. The smallest absolute Gasteiger partial charge is 0.242 e. The zero-order valence-corrected chi connectivity index (χ0v) is 13.4. The summed E-state index contributed by atoms with van der Waals surface area (Å²) in [5, 5.41) is -0.210. The minimum atomic E-state index is -3.67. The highest BCUT2D eigenvalue weighted by molar-refractivity contribution is 7.89. The van der Waals surface area contributed by atoms with Crippen LogP contribution in [0.1, 0.15) is 20.3 Å². The zero-order valence-electron chi connectivity index (χ0n) is 11.8. The number of rotatable bonds is 6. The topological polar surface area (TPSA) is 63.4 Å². The van der Waals surface area contributed by atoms with Crippen LogP contribution in [0.2, 0.25) is 5.02 Å². The lowest BCUT2D eigenvalue weighted by atomic mass is 10.0. The number of nitrogens with zero attached hydrogens (tertiary/aromatic N) is 1. The Morgan fingerprint density at radius 2 is 2.00 bits per heavy atom. The molecule has 1 aromatic rings. The van der Waals surface area contributed by atoms with Gasteiger partial charge in [0.05, 0.1) is 9.92 Å². The van der Waals surface area contributed by atoms with Crippen molar-refractivity contribution in [1.29, 1.82) is 0 Å². The van der Waals surface area contributed by atoms with Gasteiger partial charge in [-0.25, -0.2) is 17.1 Å². The molecule has 4 nitrogen and oxygen atoms in total. The van der Waals surface area contributed by atoms with Gasteiger partial charge in [-0.1, -0.05) is 25.4 Å². The SMILES string of the molecule is CC(C)C(N)CCN(C)S(=O)(=O)c1ccc(F)c(Cl)c1. The molecule has 0 heterocycles. The molecule has 2 N–H and O–H groups in total. The minimum Gasteiger partial charge on any atom is -0.327 e.